The van der Waals surface area contributed by atoms with Crippen LogP contribution in [0.2, 0.25) is 0 Å². The van der Waals surface area contributed by atoms with E-state index in [9.17, 15) is 0 Å². The van der Waals surface area contributed by atoms with Crippen LogP contribution in [-0.4, -0.2) is 42.8 Å². The number of likely N-dealkylation sites (N-methyl/N-ethyl adjacent to an activating group) is 1. The number of para-hydroxylation sites is 1. The zero-order chi connectivity index (χ0) is 17.2. The Morgan fingerprint density at radius 1 is 1.28 bits per heavy atom. The first-order chi connectivity index (χ1) is 11.7. The molecule has 0 atom stereocenters. The van der Waals surface area contributed by atoms with Crippen molar-refractivity contribution < 1.29 is 9.26 Å². The molecule has 1 heterocycles. The van der Waals surface area contributed by atoms with Crippen LogP contribution in [0.5, 0.6) is 5.75 Å². The lowest BCUT2D eigenvalue weighted by Crippen LogP contribution is -2.40. The summed E-state index contributed by atoms with van der Waals surface area (Å²) < 4.78 is 11.0. The SMILES string of the molecule is CCNC(=NCc1cc(CC)no1)N(C)CCOc1ccccc1.I. The number of benzene rings is 1. The van der Waals surface area contributed by atoms with Crippen molar-refractivity contribution in [2.45, 2.75) is 26.8 Å². The van der Waals surface area contributed by atoms with Crippen molar-refractivity contribution in [3.63, 3.8) is 0 Å². The molecule has 7 heteroatoms. The number of nitrogens with zero attached hydrogens (tertiary/aromatic N) is 3. The lowest BCUT2D eigenvalue weighted by molar-refractivity contribution is 0.281. The highest BCUT2D eigenvalue weighted by molar-refractivity contribution is 14.0. The third-order valence-electron chi connectivity index (χ3n) is 3.49. The fourth-order valence-electron chi connectivity index (χ4n) is 2.14. The van der Waals surface area contributed by atoms with E-state index in [1.165, 1.54) is 0 Å². The molecule has 0 fully saturated rings. The number of halogens is 1. The second-order valence-corrected chi connectivity index (χ2v) is 5.39. The Bertz CT molecular complexity index is 631. The highest BCUT2D eigenvalue weighted by Crippen LogP contribution is 2.08. The van der Waals surface area contributed by atoms with Gasteiger partial charge in [-0.05, 0) is 25.5 Å². The molecule has 25 heavy (non-hydrogen) atoms. The van der Waals surface area contributed by atoms with Crippen LogP contribution < -0.4 is 10.1 Å². The summed E-state index contributed by atoms with van der Waals surface area (Å²) in [5.41, 5.74) is 0.954. The monoisotopic (exact) mass is 458 g/mol. The van der Waals surface area contributed by atoms with E-state index in [2.05, 4.69) is 22.4 Å². The minimum absolute atomic E-state index is 0. The summed E-state index contributed by atoms with van der Waals surface area (Å²) in [6.45, 7) is 6.70. The molecule has 1 aromatic carbocycles. The highest BCUT2D eigenvalue weighted by Gasteiger charge is 2.07. The van der Waals surface area contributed by atoms with Crippen LogP contribution in [0.4, 0.5) is 0 Å². The first-order valence-electron chi connectivity index (χ1n) is 8.34. The first kappa shape index (κ1) is 21.3. The Hall–Kier alpha value is -1.77. The van der Waals surface area contributed by atoms with E-state index in [-0.39, 0.29) is 24.0 Å². The molecule has 0 bridgehead atoms. The topological polar surface area (TPSA) is 62.9 Å². The minimum atomic E-state index is 0. The Balaban J connectivity index is 0.00000312. The second-order valence-electron chi connectivity index (χ2n) is 5.39. The van der Waals surface area contributed by atoms with Crippen LogP contribution in [0.1, 0.15) is 25.3 Å². The van der Waals surface area contributed by atoms with Gasteiger partial charge in [0.15, 0.2) is 11.7 Å². The Kier molecular flexibility index (Phi) is 9.98. The molecule has 0 saturated heterocycles. The summed E-state index contributed by atoms with van der Waals surface area (Å²) in [6, 6.07) is 11.8. The summed E-state index contributed by atoms with van der Waals surface area (Å²) in [5.74, 6) is 2.47. The number of rotatable bonds is 8. The molecule has 6 nitrogen and oxygen atoms in total. The molecule has 0 spiro atoms. The number of aliphatic imine (C=N–C) groups is 1. The van der Waals surface area contributed by atoms with Crippen LogP contribution in [0, 0.1) is 0 Å². The molecule has 0 amide bonds. The number of aryl methyl sites for hydroxylation is 1. The lowest BCUT2D eigenvalue weighted by Gasteiger charge is -2.22. The summed E-state index contributed by atoms with van der Waals surface area (Å²) >= 11 is 0. The van der Waals surface area contributed by atoms with Gasteiger partial charge in [-0.3, -0.25) is 0 Å². The van der Waals surface area contributed by atoms with Crippen LogP contribution >= 0.6 is 24.0 Å². The van der Waals surface area contributed by atoms with Crippen molar-refractivity contribution in [1.29, 1.82) is 0 Å². The van der Waals surface area contributed by atoms with E-state index >= 15 is 0 Å². The Morgan fingerprint density at radius 2 is 2.04 bits per heavy atom. The predicted molar refractivity (Wildman–Crippen MR) is 111 cm³/mol. The van der Waals surface area contributed by atoms with Crippen molar-refractivity contribution in [3.8, 4) is 5.75 Å². The predicted octanol–water partition coefficient (Wildman–Crippen LogP) is 3.33. The molecule has 2 aromatic rings. The van der Waals surface area contributed by atoms with E-state index in [1.807, 2.05) is 55.3 Å². The van der Waals surface area contributed by atoms with E-state index < -0.39 is 0 Å². The number of hydrogen-bond donors (Lipinski definition) is 1. The third-order valence-corrected chi connectivity index (χ3v) is 3.49. The van der Waals surface area contributed by atoms with Gasteiger partial charge in [0.25, 0.3) is 0 Å². The maximum atomic E-state index is 5.73. The average molecular weight is 458 g/mol. The molecule has 0 aliphatic rings. The maximum absolute atomic E-state index is 5.73. The van der Waals surface area contributed by atoms with Gasteiger partial charge < -0.3 is 19.5 Å². The molecular weight excluding hydrogens is 431 g/mol. The zero-order valence-electron chi connectivity index (χ0n) is 15.1. The largest absolute Gasteiger partial charge is 0.492 e. The highest BCUT2D eigenvalue weighted by atomic mass is 127. The Morgan fingerprint density at radius 3 is 2.68 bits per heavy atom. The molecule has 138 valence electrons. The van der Waals surface area contributed by atoms with Gasteiger partial charge >= 0.3 is 0 Å². The number of nitrogens with one attached hydrogen (secondary N) is 1. The summed E-state index contributed by atoms with van der Waals surface area (Å²) in [6.07, 6.45) is 0.865. The van der Waals surface area contributed by atoms with E-state index in [0.29, 0.717) is 13.2 Å². The molecule has 0 unspecified atom stereocenters. The molecule has 0 aliphatic heterocycles. The van der Waals surface area contributed by atoms with Crippen molar-refractivity contribution in [1.82, 2.24) is 15.4 Å². The van der Waals surface area contributed by atoms with Crippen molar-refractivity contribution >= 4 is 29.9 Å². The van der Waals surface area contributed by atoms with Gasteiger partial charge in [0.2, 0.25) is 0 Å². The smallest absolute Gasteiger partial charge is 0.194 e. The van der Waals surface area contributed by atoms with Gasteiger partial charge in [0.05, 0.1) is 12.2 Å². The van der Waals surface area contributed by atoms with E-state index in [1.54, 1.807) is 0 Å². The lowest BCUT2D eigenvalue weighted by atomic mass is 10.3. The zero-order valence-corrected chi connectivity index (χ0v) is 17.4. The Labute approximate surface area is 166 Å². The van der Waals surface area contributed by atoms with Crippen molar-refractivity contribution in [2.24, 2.45) is 4.99 Å². The molecule has 2 rings (SSSR count). The standard InChI is InChI=1S/C18H26N4O2.HI/c1-4-15-13-17(24-21-15)14-20-18(19-5-2)22(3)11-12-23-16-9-7-6-8-10-16;/h6-10,13H,4-5,11-12,14H2,1-3H3,(H,19,20);1H. The van der Waals surface area contributed by atoms with E-state index in [0.717, 1.165) is 42.7 Å². The minimum Gasteiger partial charge on any atom is -0.492 e. The van der Waals surface area contributed by atoms with E-state index in [4.69, 9.17) is 9.26 Å². The van der Waals surface area contributed by atoms with Crippen molar-refractivity contribution in [3.05, 3.63) is 47.9 Å². The first-order valence-corrected chi connectivity index (χ1v) is 8.34. The van der Waals surface area contributed by atoms with Gasteiger partial charge in [0, 0.05) is 19.7 Å². The second kappa shape index (κ2) is 11.7. The normalized spacial score (nSPS) is 10.9. The van der Waals surface area contributed by atoms with Crippen LogP contribution in [0.3, 0.4) is 0 Å². The molecule has 1 N–H and O–H groups in total. The summed E-state index contributed by atoms with van der Waals surface area (Å²) in [5, 5.41) is 7.27. The van der Waals surface area contributed by atoms with Crippen LogP contribution in [0.25, 0.3) is 0 Å². The molecular formula is C18H27IN4O2. The van der Waals surface area contributed by atoms with Gasteiger partial charge in [-0.2, -0.15) is 0 Å². The number of aromatic nitrogens is 1. The molecule has 0 radical (unpaired) electrons. The number of ether oxygens (including phenoxy) is 1. The quantitative estimate of drug-likeness (QED) is 0.374. The van der Waals surface area contributed by atoms with Gasteiger partial charge in [-0.1, -0.05) is 30.3 Å². The molecule has 0 aliphatic carbocycles. The van der Waals surface area contributed by atoms with Gasteiger partial charge in [-0.25, -0.2) is 4.99 Å². The molecule has 0 saturated carbocycles. The fourth-order valence-corrected chi connectivity index (χ4v) is 2.14. The van der Waals surface area contributed by atoms with Gasteiger partial charge in [-0.15, -0.1) is 24.0 Å². The maximum Gasteiger partial charge on any atom is 0.194 e. The third kappa shape index (κ3) is 7.33. The fraction of sp³-hybridized carbons (Fsp3) is 0.444. The summed E-state index contributed by atoms with van der Waals surface area (Å²) in [4.78, 5) is 6.64. The number of hydrogen-bond acceptors (Lipinski definition) is 4. The van der Waals surface area contributed by atoms with Crippen molar-refractivity contribution in [2.75, 3.05) is 26.7 Å². The summed E-state index contributed by atoms with van der Waals surface area (Å²) in [7, 11) is 1.99. The molecule has 1 aromatic heterocycles. The number of guanidine groups is 1. The van der Waals surface area contributed by atoms with Gasteiger partial charge in [0.1, 0.15) is 18.9 Å². The van der Waals surface area contributed by atoms with Crippen LogP contribution in [-0.2, 0) is 13.0 Å². The van der Waals surface area contributed by atoms with Crippen LogP contribution in [0.15, 0.2) is 45.9 Å². The average Bonchev–Trinajstić information content (AvgIpc) is 3.07.